The second-order valence-corrected chi connectivity index (χ2v) is 6.19. The average Bonchev–Trinajstić information content (AvgIpc) is 2.67. The maximum absolute atomic E-state index is 14.8. The summed E-state index contributed by atoms with van der Waals surface area (Å²) in [7, 11) is 2.57. The third-order valence-corrected chi connectivity index (χ3v) is 4.48. The Hall–Kier alpha value is -2.74. The highest BCUT2D eigenvalue weighted by Gasteiger charge is 2.28. The minimum Gasteiger partial charge on any atom is -0.494 e. The normalized spacial score (nSPS) is 19.7. The summed E-state index contributed by atoms with van der Waals surface area (Å²) in [5.74, 6) is -1.83. The lowest BCUT2D eigenvalue weighted by molar-refractivity contribution is 0.0871. The monoisotopic (exact) mass is 377 g/mol. The van der Waals surface area contributed by atoms with Crippen LogP contribution in [0, 0.1) is 17.0 Å². The van der Waals surface area contributed by atoms with Gasteiger partial charge in [0.05, 0.1) is 31.5 Å². The summed E-state index contributed by atoms with van der Waals surface area (Å²) in [6, 6.07) is 1.12. The van der Waals surface area contributed by atoms with E-state index < -0.39 is 11.6 Å². The first-order valence-corrected chi connectivity index (χ1v) is 8.49. The van der Waals surface area contributed by atoms with E-state index in [0.29, 0.717) is 18.8 Å². The number of ether oxygens (including phenoxy) is 3. The summed E-state index contributed by atoms with van der Waals surface area (Å²) >= 11 is 0. The van der Waals surface area contributed by atoms with E-state index in [1.54, 1.807) is 0 Å². The molecule has 0 amide bonds. The predicted octanol–water partition coefficient (Wildman–Crippen LogP) is 3.08. The van der Waals surface area contributed by atoms with Gasteiger partial charge in [0.2, 0.25) is 0 Å². The lowest BCUT2D eigenvalue weighted by Crippen LogP contribution is -2.36. The fourth-order valence-corrected chi connectivity index (χ4v) is 2.98. The highest BCUT2D eigenvalue weighted by atomic mass is 19.1. The molecule has 0 bridgehead atoms. The van der Waals surface area contributed by atoms with Gasteiger partial charge in [-0.2, -0.15) is 0 Å². The van der Waals surface area contributed by atoms with Gasteiger partial charge in [-0.05, 0) is 24.5 Å². The van der Waals surface area contributed by atoms with E-state index in [9.17, 15) is 8.78 Å². The first-order valence-electron chi connectivity index (χ1n) is 8.49. The molecule has 0 spiro atoms. The van der Waals surface area contributed by atoms with E-state index in [2.05, 4.69) is 16.9 Å². The Morgan fingerprint density at radius 3 is 2.33 bits per heavy atom. The van der Waals surface area contributed by atoms with Crippen LogP contribution >= 0.6 is 0 Å². The van der Waals surface area contributed by atoms with Gasteiger partial charge < -0.3 is 19.5 Å². The number of hydrogen-bond donors (Lipinski definition) is 2. The molecule has 1 aromatic carbocycles. The molecule has 8 heteroatoms. The fourth-order valence-electron chi connectivity index (χ4n) is 2.98. The molecule has 2 aliphatic heterocycles. The van der Waals surface area contributed by atoms with Gasteiger partial charge >= 0.3 is 0 Å². The van der Waals surface area contributed by atoms with Crippen LogP contribution in [0.25, 0.3) is 5.70 Å². The molecule has 2 aliphatic rings. The van der Waals surface area contributed by atoms with Crippen LogP contribution in [-0.2, 0) is 4.74 Å². The summed E-state index contributed by atoms with van der Waals surface area (Å²) in [6.45, 7) is 4.99. The molecular formula is C19H21F2N3O3. The van der Waals surface area contributed by atoms with Crippen LogP contribution in [0.3, 0.4) is 0 Å². The van der Waals surface area contributed by atoms with Gasteiger partial charge in [-0.15, -0.1) is 0 Å². The number of benzene rings is 1. The number of hydrogen-bond acceptors (Lipinski definition) is 5. The van der Waals surface area contributed by atoms with E-state index in [1.807, 2.05) is 0 Å². The van der Waals surface area contributed by atoms with Crippen LogP contribution in [0.4, 0.5) is 8.78 Å². The lowest BCUT2D eigenvalue weighted by atomic mass is 9.99. The van der Waals surface area contributed by atoms with Crippen molar-refractivity contribution >= 4 is 17.2 Å². The zero-order valence-electron chi connectivity index (χ0n) is 15.2. The SMILES string of the molecule is C=C1C=C(c2c(F)c(OC)cc(OC)c2F)NC(=NC2CCOCC2)C1=N. The van der Waals surface area contributed by atoms with E-state index in [-0.39, 0.29) is 40.3 Å². The van der Waals surface area contributed by atoms with Crippen LogP contribution in [0.15, 0.2) is 29.3 Å². The minimum absolute atomic E-state index is 0.0247. The standard InChI is InChI=1S/C19H21F2N3O3/c1-10-8-12(15-16(20)13(25-2)9-14(26-3)17(15)21)24-19(18(10)22)23-11-4-6-27-7-5-11/h8-9,11,22H,1,4-7H2,2-3H3,(H,23,24). The molecule has 27 heavy (non-hydrogen) atoms. The largest absolute Gasteiger partial charge is 0.494 e. The topological polar surface area (TPSA) is 75.9 Å². The molecule has 3 rings (SSSR count). The number of methoxy groups -OCH3 is 2. The van der Waals surface area contributed by atoms with Crippen molar-refractivity contribution in [1.29, 1.82) is 5.41 Å². The zero-order chi connectivity index (χ0) is 19.6. The molecule has 144 valence electrons. The summed E-state index contributed by atoms with van der Waals surface area (Å²) in [6.07, 6.45) is 2.85. The number of halogens is 2. The highest BCUT2D eigenvalue weighted by molar-refractivity contribution is 6.49. The van der Waals surface area contributed by atoms with E-state index in [4.69, 9.17) is 19.6 Å². The summed E-state index contributed by atoms with van der Waals surface area (Å²) in [5.41, 5.74) is 0.143. The van der Waals surface area contributed by atoms with Crippen LogP contribution in [0.2, 0.25) is 0 Å². The third kappa shape index (κ3) is 3.71. The minimum atomic E-state index is -0.874. The van der Waals surface area contributed by atoms with Crippen molar-refractivity contribution in [2.45, 2.75) is 18.9 Å². The number of amidine groups is 1. The number of allylic oxidation sites excluding steroid dienone is 1. The van der Waals surface area contributed by atoms with Crippen molar-refractivity contribution < 1.29 is 23.0 Å². The van der Waals surface area contributed by atoms with E-state index >= 15 is 0 Å². The summed E-state index contributed by atoms with van der Waals surface area (Å²) in [5, 5.41) is 11.1. The molecule has 0 atom stereocenters. The van der Waals surface area contributed by atoms with Gasteiger partial charge in [0.1, 0.15) is 5.71 Å². The van der Waals surface area contributed by atoms with E-state index in [1.165, 1.54) is 20.3 Å². The van der Waals surface area contributed by atoms with Gasteiger partial charge in [0, 0.05) is 19.3 Å². The Kier molecular flexibility index (Phi) is 5.55. The van der Waals surface area contributed by atoms with Gasteiger partial charge in [-0.1, -0.05) is 6.58 Å². The molecule has 1 saturated heterocycles. The molecule has 0 aromatic heterocycles. The van der Waals surface area contributed by atoms with Crippen LogP contribution in [-0.4, -0.2) is 45.0 Å². The van der Waals surface area contributed by atoms with Crippen LogP contribution < -0.4 is 14.8 Å². The van der Waals surface area contributed by atoms with Crippen molar-refractivity contribution in [2.24, 2.45) is 4.99 Å². The number of aliphatic imine (C=N–C) groups is 1. The molecule has 1 aromatic rings. The Balaban J connectivity index is 2.04. The molecule has 0 aliphatic carbocycles. The molecular weight excluding hydrogens is 356 g/mol. The Bertz CT molecular complexity index is 815. The second-order valence-electron chi connectivity index (χ2n) is 6.19. The molecule has 2 heterocycles. The first kappa shape index (κ1) is 19.0. The Labute approximate surface area is 156 Å². The quantitative estimate of drug-likeness (QED) is 0.846. The van der Waals surface area contributed by atoms with Crippen molar-refractivity contribution in [3.05, 3.63) is 41.5 Å². The van der Waals surface area contributed by atoms with Gasteiger partial charge in [-0.25, -0.2) is 8.78 Å². The second kappa shape index (κ2) is 7.87. The highest BCUT2D eigenvalue weighted by Crippen LogP contribution is 2.35. The smallest absolute Gasteiger partial charge is 0.177 e. The average molecular weight is 377 g/mol. The van der Waals surface area contributed by atoms with Crippen LogP contribution in [0.1, 0.15) is 18.4 Å². The zero-order valence-corrected chi connectivity index (χ0v) is 15.2. The fraction of sp³-hybridized carbons (Fsp3) is 0.368. The van der Waals surface area contributed by atoms with Crippen molar-refractivity contribution in [2.75, 3.05) is 27.4 Å². The van der Waals surface area contributed by atoms with Crippen molar-refractivity contribution in [3.63, 3.8) is 0 Å². The van der Waals surface area contributed by atoms with Crippen molar-refractivity contribution in [1.82, 2.24) is 5.32 Å². The van der Waals surface area contributed by atoms with Gasteiger partial charge in [0.25, 0.3) is 0 Å². The summed E-state index contributed by atoms with van der Waals surface area (Å²) < 4.78 is 44.9. The van der Waals surface area contributed by atoms with Gasteiger partial charge in [0.15, 0.2) is 29.0 Å². The molecule has 0 unspecified atom stereocenters. The maximum atomic E-state index is 14.8. The maximum Gasteiger partial charge on any atom is 0.177 e. The molecule has 0 saturated carbocycles. The Morgan fingerprint density at radius 2 is 1.78 bits per heavy atom. The predicted molar refractivity (Wildman–Crippen MR) is 98.7 cm³/mol. The van der Waals surface area contributed by atoms with E-state index in [0.717, 1.165) is 18.9 Å². The molecule has 2 N–H and O–H groups in total. The number of nitrogens with zero attached hydrogens (tertiary/aromatic N) is 1. The molecule has 1 fully saturated rings. The van der Waals surface area contributed by atoms with Gasteiger partial charge in [-0.3, -0.25) is 10.4 Å². The van der Waals surface area contributed by atoms with Crippen molar-refractivity contribution in [3.8, 4) is 11.5 Å². The Morgan fingerprint density at radius 1 is 1.19 bits per heavy atom. The number of nitrogens with one attached hydrogen (secondary N) is 2. The summed E-state index contributed by atoms with van der Waals surface area (Å²) in [4.78, 5) is 4.54. The van der Waals surface area contributed by atoms with Crippen LogP contribution in [0.5, 0.6) is 11.5 Å². The first-order chi connectivity index (χ1) is 13.0. The third-order valence-electron chi connectivity index (χ3n) is 4.48. The lowest BCUT2D eigenvalue weighted by Gasteiger charge is -2.25. The molecule has 6 nitrogen and oxygen atoms in total. The molecule has 0 radical (unpaired) electrons. The number of rotatable bonds is 4.